The summed E-state index contributed by atoms with van der Waals surface area (Å²) in [6.07, 6.45) is -1.52. The van der Waals surface area contributed by atoms with E-state index in [2.05, 4.69) is 5.32 Å². The van der Waals surface area contributed by atoms with Gasteiger partial charge in [-0.05, 0) is 35.6 Å². The van der Waals surface area contributed by atoms with E-state index in [9.17, 15) is 19.5 Å². The number of carboxylic acids is 2. The molecule has 0 heterocycles. The molecule has 0 radical (unpaired) electrons. The largest absolute Gasteiger partial charge is 0.481 e. The number of carboxylic acid groups (broad SMARTS) is 2. The molecule has 2 aromatic rings. The van der Waals surface area contributed by atoms with Gasteiger partial charge in [-0.1, -0.05) is 48.5 Å². The van der Waals surface area contributed by atoms with Crippen LogP contribution in [0.25, 0.3) is 11.1 Å². The molecule has 3 N–H and O–H groups in total. The average Bonchev–Trinajstić information content (AvgIpc) is 2.98. The molecule has 28 heavy (non-hydrogen) atoms. The summed E-state index contributed by atoms with van der Waals surface area (Å²) in [5.74, 6) is -2.60. The van der Waals surface area contributed by atoms with Crippen molar-refractivity contribution in [1.82, 2.24) is 5.32 Å². The summed E-state index contributed by atoms with van der Waals surface area (Å²) in [6.45, 7) is 1.31. The van der Waals surface area contributed by atoms with E-state index in [1.807, 2.05) is 48.5 Å². The van der Waals surface area contributed by atoms with Crippen molar-refractivity contribution in [3.8, 4) is 11.1 Å². The van der Waals surface area contributed by atoms with Crippen molar-refractivity contribution in [3.63, 3.8) is 0 Å². The lowest BCUT2D eigenvalue weighted by Gasteiger charge is -2.25. The Morgan fingerprint density at radius 3 is 2.04 bits per heavy atom. The lowest BCUT2D eigenvalue weighted by Crippen LogP contribution is -2.52. The Morgan fingerprint density at radius 2 is 1.54 bits per heavy atom. The van der Waals surface area contributed by atoms with Gasteiger partial charge in [-0.3, -0.25) is 4.79 Å². The highest BCUT2D eigenvalue weighted by molar-refractivity contribution is 5.85. The third-order valence-corrected chi connectivity index (χ3v) is 5.03. The standard InChI is InChI=1S/C21H21NO6/c1-21(19(25)26,11-10-18(23)24)22-20(27)28-12-17-15-8-4-2-6-13(15)14-7-3-5-9-16(14)17/h2-9,17H,10-12H2,1H3,(H,22,27)(H,23,24)(H,25,26)/t21-/m0/s1. The van der Waals surface area contributed by atoms with E-state index in [4.69, 9.17) is 9.84 Å². The van der Waals surface area contributed by atoms with Crippen LogP contribution in [0.4, 0.5) is 4.79 Å². The Morgan fingerprint density at radius 1 is 1.00 bits per heavy atom. The predicted molar refractivity (Wildman–Crippen MR) is 101 cm³/mol. The Bertz CT molecular complexity index is 879. The number of amides is 1. The number of carbonyl (C=O) groups is 3. The molecule has 2 aromatic carbocycles. The number of alkyl carbamates (subject to hydrolysis) is 1. The lowest BCUT2D eigenvalue weighted by molar-refractivity contribution is -0.145. The summed E-state index contributed by atoms with van der Waals surface area (Å²) >= 11 is 0. The Kier molecular flexibility index (Phi) is 5.35. The van der Waals surface area contributed by atoms with Crippen molar-refractivity contribution in [1.29, 1.82) is 0 Å². The monoisotopic (exact) mass is 383 g/mol. The van der Waals surface area contributed by atoms with E-state index in [-0.39, 0.29) is 25.4 Å². The van der Waals surface area contributed by atoms with Crippen LogP contribution in [0.5, 0.6) is 0 Å². The lowest BCUT2D eigenvalue weighted by atomic mass is 9.96. The summed E-state index contributed by atoms with van der Waals surface area (Å²) in [5, 5.41) is 20.5. The molecule has 0 unspecified atom stereocenters. The highest BCUT2D eigenvalue weighted by Crippen LogP contribution is 2.44. The molecule has 146 valence electrons. The molecule has 3 rings (SSSR count). The third kappa shape index (κ3) is 3.83. The van der Waals surface area contributed by atoms with E-state index in [0.29, 0.717) is 0 Å². The van der Waals surface area contributed by atoms with Gasteiger partial charge < -0.3 is 20.3 Å². The fourth-order valence-corrected chi connectivity index (χ4v) is 3.44. The molecule has 1 aliphatic rings. The zero-order valence-corrected chi connectivity index (χ0v) is 15.3. The molecule has 1 atom stereocenters. The number of hydrogen-bond acceptors (Lipinski definition) is 4. The van der Waals surface area contributed by atoms with Crippen molar-refractivity contribution < 1.29 is 29.3 Å². The molecule has 7 nitrogen and oxygen atoms in total. The van der Waals surface area contributed by atoms with Crippen molar-refractivity contribution in [2.24, 2.45) is 0 Å². The number of rotatable bonds is 7. The zero-order chi connectivity index (χ0) is 20.3. The van der Waals surface area contributed by atoms with Crippen LogP contribution in [0.2, 0.25) is 0 Å². The molecular formula is C21H21NO6. The molecule has 0 spiro atoms. The Hall–Kier alpha value is -3.35. The minimum absolute atomic E-state index is 0.0501. The summed E-state index contributed by atoms with van der Waals surface area (Å²) < 4.78 is 5.33. The fraction of sp³-hybridized carbons (Fsp3) is 0.286. The van der Waals surface area contributed by atoms with Gasteiger partial charge in [-0.25, -0.2) is 9.59 Å². The van der Waals surface area contributed by atoms with Crippen molar-refractivity contribution in [2.75, 3.05) is 6.61 Å². The quantitative estimate of drug-likeness (QED) is 0.677. The maximum absolute atomic E-state index is 12.2. The van der Waals surface area contributed by atoms with E-state index in [1.165, 1.54) is 6.92 Å². The van der Waals surface area contributed by atoms with Gasteiger partial charge in [-0.15, -0.1) is 0 Å². The van der Waals surface area contributed by atoms with Crippen LogP contribution in [0.1, 0.15) is 36.8 Å². The second-order valence-electron chi connectivity index (χ2n) is 6.98. The van der Waals surface area contributed by atoms with Crippen molar-refractivity contribution in [3.05, 3.63) is 59.7 Å². The first-order valence-corrected chi connectivity index (χ1v) is 8.90. The van der Waals surface area contributed by atoms with Gasteiger partial charge in [0.25, 0.3) is 0 Å². The fourth-order valence-electron chi connectivity index (χ4n) is 3.44. The first-order valence-electron chi connectivity index (χ1n) is 8.90. The smallest absolute Gasteiger partial charge is 0.408 e. The Labute approximate surface area is 162 Å². The van der Waals surface area contributed by atoms with Crippen LogP contribution >= 0.6 is 0 Å². The van der Waals surface area contributed by atoms with Crippen LogP contribution in [0.3, 0.4) is 0 Å². The SMILES string of the molecule is C[C@@](CCC(=O)O)(NC(=O)OCC1c2ccccc2-c2ccccc21)C(=O)O. The predicted octanol–water partition coefficient (Wildman–Crippen LogP) is 3.23. The first-order chi connectivity index (χ1) is 13.3. The van der Waals surface area contributed by atoms with E-state index >= 15 is 0 Å². The maximum atomic E-state index is 12.2. The molecule has 1 aliphatic carbocycles. The third-order valence-electron chi connectivity index (χ3n) is 5.03. The van der Waals surface area contributed by atoms with Gasteiger partial charge in [0, 0.05) is 12.3 Å². The van der Waals surface area contributed by atoms with Crippen molar-refractivity contribution >= 4 is 18.0 Å². The van der Waals surface area contributed by atoms with E-state index in [1.54, 1.807) is 0 Å². The normalized spacial score (nSPS) is 14.5. The maximum Gasteiger partial charge on any atom is 0.408 e. The molecule has 1 amide bonds. The Balaban J connectivity index is 1.71. The minimum atomic E-state index is -1.72. The molecule has 0 saturated heterocycles. The number of fused-ring (bicyclic) bond motifs is 3. The topological polar surface area (TPSA) is 113 Å². The number of hydrogen-bond donors (Lipinski definition) is 3. The first kappa shape index (κ1) is 19.4. The van der Waals surface area contributed by atoms with Gasteiger partial charge in [0.2, 0.25) is 0 Å². The highest BCUT2D eigenvalue weighted by Gasteiger charge is 2.36. The number of aliphatic carboxylic acids is 2. The molecule has 7 heteroatoms. The number of carbonyl (C=O) groups excluding carboxylic acids is 1. The molecular weight excluding hydrogens is 362 g/mol. The average molecular weight is 383 g/mol. The second kappa shape index (κ2) is 7.72. The van der Waals surface area contributed by atoms with Crippen LogP contribution in [-0.4, -0.2) is 40.4 Å². The number of ether oxygens (including phenoxy) is 1. The van der Waals surface area contributed by atoms with E-state index < -0.39 is 23.6 Å². The summed E-state index contributed by atoms with van der Waals surface area (Å²) in [7, 11) is 0. The van der Waals surface area contributed by atoms with Crippen LogP contribution in [0.15, 0.2) is 48.5 Å². The van der Waals surface area contributed by atoms with Crippen molar-refractivity contribution in [2.45, 2.75) is 31.2 Å². The summed E-state index contributed by atoms with van der Waals surface area (Å²) in [6, 6.07) is 15.7. The zero-order valence-electron chi connectivity index (χ0n) is 15.3. The number of nitrogens with one attached hydrogen (secondary N) is 1. The second-order valence-corrected chi connectivity index (χ2v) is 6.98. The van der Waals surface area contributed by atoms with E-state index in [0.717, 1.165) is 22.3 Å². The highest BCUT2D eigenvalue weighted by atomic mass is 16.5. The molecule has 0 aromatic heterocycles. The molecule has 0 bridgehead atoms. The van der Waals surface area contributed by atoms with Crippen LogP contribution in [0, 0.1) is 0 Å². The molecule has 0 saturated carbocycles. The van der Waals surface area contributed by atoms with Gasteiger partial charge in [-0.2, -0.15) is 0 Å². The van der Waals surface area contributed by atoms with Gasteiger partial charge in [0.15, 0.2) is 0 Å². The van der Waals surface area contributed by atoms with Gasteiger partial charge in [0.05, 0.1) is 0 Å². The van der Waals surface area contributed by atoms with Crippen LogP contribution < -0.4 is 5.32 Å². The minimum Gasteiger partial charge on any atom is -0.481 e. The number of benzene rings is 2. The summed E-state index contributed by atoms with van der Waals surface area (Å²) in [5.41, 5.74) is 2.54. The van der Waals surface area contributed by atoms with Gasteiger partial charge in [0.1, 0.15) is 12.1 Å². The van der Waals surface area contributed by atoms with Gasteiger partial charge >= 0.3 is 18.0 Å². The van der Waals surface area contributed by atoms with Crippen LogP contribution in [-0.2, 0) is 14.3 Å². The molecule has 0 fully saturated rings. The summed E-state index contributed by atoms with van der Waals surface area (Å²) in [4.78, 5) is 34.5. The molecule has 0 aliphatic heterocycles.